The van der Waals surface area contributed by atoms with Crippen molar-refractivity contribution in [2.75, 3.05) is 0 Å². The van der Waals surface area contributed by atoms with Gasteiger partial charge in [0.25, 0.3) is 5.91 Å². The maximum absolute atomic E-state index is 13.0. The molecule has 6 heteroatoms. The average molecular weight is 313 g/mol. The molecule has 18 heavy (non-hydrogen) atoms. The third-order valence-corrected chi connectivity index (χ3v) is 2.97. The van der Waals surface area contributed by atoms with Crippen molar-refractivity contribution in [3.8, 4) is 0 Å². The summed E-state index contributed by atoms with van der Waals surface area (Å²) in [6.45, 7) is 2.00. The Morgan fingerprint density at radius 1 is 1.50 bits per heavy atom. The number of hydrogen-bond donors (Lipinski definition) is 1. The summed E-state index contributed by atoms with van der Waals surface area (Å²) in [7, 11) is 0. The summed E-state index contributed by atoms with van der Waals surface area (Å²) in [6.07, 6.45) is 0. The van der Waals surface area contributed by atoms with Crippen LogP contribution in [-0.4, -0.2) is 11.1 Å². The first-order valence-corrected chi connectivity index (χ1v) is 6.01. The fourth-order valence-electron chi connectivity index (χ4n) is 1.44. The lowest BCUT2D eigenvalue weighted by molar-refractivity contribution is 0.0949. The highest BCUT2D eigenvalue weighted by Crippen LogP contribution is 2.17. The van der Waals surface area contributed by atoms with E-state index in [0.29, 0.717) is 15.9 Å². The van der Waals surface area contributed by atoms with Crippen molar-refractivity contribution in [3.63, 3.8) is 0 Å². The van der Waals surface area contributed by atoms with Crippen LogP contribution in [0.15, 0.2) is 33.3 Å². The van der Waals surface area contributed by atoms with Crippen LogP contribution in [0.2, 0.25) is 0 Å². The number of nitrogens with one attached hydrogen (secondary N) is 1. The van der Waals surface area contributed by atoms with Crippen molar-refractivity contribution in [3.05, 3.63) is 51.6 Å². The van der Waals surface area contributed by atoms with Crippen LogP contribution >= 0.6 is 15.9 Å². The summed E-state index contributed by atoms with van der Waals surface area (Å²) in [5.74, 6) is -0.158. The molecule has 0 aliphatic heterocycles. The maximum atomic E-state index is 13.0. The van der Waals surface area contributed by atoms with Gasteiger partial charge in [-0.05, 0) is 41.1 Å². The van der Waals surface area contributed by atoms with Crippen molar-refractivity contribution < 1.29 is 13.7 Å². The number of hydrogen-bond acceptors (Lipinski definition) is 3. The first-order chi connectivity index (χ1) is 8.56. The first-order valence-electron chi connectivity index (χ1n) is 5.21. The molecule has 0 aliphatic carbocycles. The maximum Gasteiger partial charge on any atom is 0.252 e. The van der Waals surface area contributed by atoms with Crippen molar-refractivity contribution in [2.24, 2.45) is 0 Å². The third kappa shape index (κ3) is 2.95. The summed E-state index contributed by atoms with van der Waals surface area (Å²) in [5.41, 5.74) is 0.864. The summed E-state index contributed by atoms with van der Waals surface area (Å²) >= 11 is 3.20. The van der Waals surface area contributed by atoms with E-state index in [1.54, 1.807) is 13.0 Å². The molecule has 1 aromatic carbocycles. The molecular formula is C12H10BrFN2O2. The molecule has 0 bridgehead atoms. The van der Waals surface area contributed by atoms with Crippen LogP contribution < -0.4 is 5.32 Å². The van der Waals surface area contributed by atoms with Crippen LogP contribution in [0, 0.1) is 12.7 Å². The van der Waals surface area contributed by atoms with Gasteiger partial charge in [0, 0.05) is 10.5 Å². The molecule has 1 aromatic heterocycles. The highest BCUT2D eigenvalue weighted by molar-refractivity contribution is 9.10. The van der Waals surface area contributed by atoms with Gasteiger partial charge in [-0.3, -0.25) is 4.79 Å². The lowest BCUT2D eigenvalue weighted by Crippen LogP contribution is -2.23. The van der Waals surface area contributed by atoms with E-state index >= 15 is 0 Å². The van der Waals surface area contributed by atoms with E-state index in [1.807, 2.05) is 0 Å². The Hall–Kier alpha value is -1.69. The Morgan fingerprint density at radius 3 is 2.94 bits per heavy atom. The van der Waals surface area contributed by atoms with Gasteiger partial charge < -0.3 is 9.84 Å². The van der Waals surface area contributed by atoms with Crippen molar-refractivity contribution in [1.82, 2.24) is 10.5 Å². The summed E-state index contributed by atoms with van der Waals surface area (Å²) in [5, 5.41) is 6.38. The Morgan fingerprint density at radius 2 is 2.28 bits per heavy atom. The van der Waals surface area contributed by atoms with Crippen molar-refractivity contribution in [1.29, 1.82) is 0 Å². The molecule has 0 saturated carbocycles. The standard InChI is InChI=1S/C12H10BrFN2O2/c1-7-4-9(16-18-7)6-15-12(17)10-5-8(14)2-3-11(10)13/h2-5H,6H2,1H3,(H,15,17). The Balaban J connectivity index is 2.05. The third-order valence-electron chi connectivity index (χ3n) is 2.28. The van der Waals surface area contributed by atoms with Gasteiger partial charge in [-0.15, -0.1) is 0 Å². The number of aromatic nitrogens is 1. The molecule has 0 aliphatic rings. The van der Waals surface area contributed by atoms with Crippen LogP contribution in [-0.2, 0) is 6.54 Å². The number of rotatable bonds is 3. The van der Waals surface area contributed by atoms with Gasteiger partial charge >= 0.3 is 0 Å². The fourth-order valence-corrected chi connectivity index (χ4v) is 1.87. The second kappa shape index (κ2) is 5.30. The molecule has 0 atom stereocenters. The molecule has 0 unspecified atom stereocenters. The Labute approximate surface area is 111 Å². The van der Waals surface area contributed by atoms with E-state index in [1.165, 1.54) is 18.2 Å². The molecule has 94 valence electrons. The average Bonchev–Trinajstić information content (AvgIpc) is 2.75. The second-order valence-electron chi connectivity index (χ2n) is 3.74. The quantitative estimate of drug-likeness (QED) is 0.948. The van der Waals surface area contributed by atoms with Crippen molar-refractivity contribution in [2.45, 2.75) is 13.5 Å². The van der Waals surface area contributed by atoms with Crippen LogP contribution in [0.1, 0.15) is 21.8 Å². The Bertz CT molecular complexity index is 583. The summed E-state index contributed by atoms with van der Waals surface area (Å²) < 4.78 is 18.5. The monoisotopic (exact) mass is 312 g/mol. The van der Waals surface area contributed by atoms with Gasteiger partial charge in [0.05, 0.1) is 12.1 Å². The number of carbonyl (C=O) groups excluding carboxylic acids is 1. The number of amides is 1. The van der Waals surface area contributed by atoms with Crippen molar-refractivity contribution >= 4 is 21.8 Å². The largest absolute Gasteiger partial charge is 0.361 e. The van der Waals surface area contributed by atoms with E-state index in [-0.39, 0.29) is 18.0 Å². The summed E-state index contributed by atoms with van der Waals surface area (Å²) in [4.78, 5) is 11.8. The molecule has 0 fully saturated rings. The number of halogens is 2. The number of aryl methyl sites for hydroxylation is 1. The molecule has 0 radical (unpaired) electrons. The van der Waals surface area contributed by atoms with Gasteiger partial charge in [0.2, 0.25) is 0 Å². The van der Waals surface area contributed by atoms with Crippen LogP contribution in [0.3, 0.4) is 0 Å². The van der Waals surface area contributed by atoms with E-state index in [2.05, 4.69) is 26.4 Å². The molecule has 0 spiro atoms. The lowest BCUT2D eigenvalue weighted by Gasteiger charge is -2.05. The zero-order valence-electron chi connectivity index (χ0n) is 9.54. The normalized spacial score (nSPS) is 10.4. The highest BCUT2D eigenvalue weighted by atomic mass is 79.9. The smallest absolute Gasteiger partial charge is 0.252 e. The van der Waals surface area contributed by atoms with Gasteiger partial charge in [-0.1, -0.05) is 5.16 Å². The van der Waals surface area contributed by atoms with Gasteiger partial charge in [-0.25, -0.2) is 4.39 Å². The number of carbonyl (C=O) groups is 1. The predicted octanol–water partition coefficient (Wildman–Crippen LogP) is 2.81. The second-order valence-corrected chi connectivity index (χ2v) is 4.59. The van der Waals surface area contributed by atoms with Gasteiger partial charge in [0.15, 0.2) is 0 Å². The fraction of sp³-hybridized carbons (Fsp3) is 0.167. The molecule has 0 saturated heterocycles. The van der Waals surface area contributed by atoms with Crippen LogP contribution in [0.5, 0.6) is 0 Å². The zero-order chi connectivity index (χ0) is 13.1. The summed E-state index contributed by atoms with van der Waals surface area (Å²) in [6, 6.07) is 5.67. The molecule has 1 heterocycles. The minimum atomic E-state index is -0.458. The van der Waals surface area contributed by atoms with Gasteiger partial charge in [0.1, 0.15) is 17.3 Å². The predicted molar refractivity (Wildman–Crippen MR) is 66.5 cm³/mol. The number of nitrogens with zero attached hydrogens (tertiary/aromatic N) is 1. The minimum Gasteiger partial charge on any atom is -0.361 e. The highest BCUT2D eigenvalue weighted by Gasteiger charge is 2.11. The lowest BCUT2D eigenvalue weighted by atomic mass is 10.2. The zero-order valence-corrected chi connectivity index (χ0v) is 11.1. The molecule has 1 N–H and O–H groups in total. The Kier molecular flexibility index (Phi) is 3.76. The molecular weight excluding hydrogens is 303 g/mol. The van der Waals surface area contributed by atoms with E-state index in [4.69, 9.17) is 4.52 Å². The number of benzene rings is 1. The van der Waals surface area contributed by atoms with E-state index < -0.39 is 5.82 Å². The SMILES string of the molecule is Cc1cc(CNC(=O)c2cc(F)ccc2Br)no1. The van der Waals surface area contributed by atoms with Gasteiger partial charge in [-0.2, -0.15) is 0 Å². The van der Waals surface area contributed by atoms with Crippen LogP contribution in [0.25, 0.3) is 0 Å². The molecule has 1 amide bonds. The first kappa shape index (κ1) is 12.8. The molecule has 2 aromatic rings. The molecule has 2 rings (SSSR count). The minimum absolute atomic E-state index is 0.235. The molecule has 4 nitrogen and oxygen atoms in total. The van der Waals surface area contributed by atoms with Crippen LogP contribution in [0.4, 0.5) is 4.39 Å². The van der Waals surface area contributed by atoms with E-state index in [0.717, 1.165) is 0 Å². The topological polar surface area (TPSA) is 55.1 Å². The van der Waals surface area contributed by atoms with E-state index in [9.17, 15) is 9.18 Å².